The van der Waals surface area contributed by atoms with Crippen molar-refractivity contribution < 1.29 is 9.53 Å². The van der Waals surface area contributed by atoms with Crippen LogP contribution in [0.15, 0.2) is 36.4 Å². The molecule has 92 valence electrons. The standard InChI is InChI=1S/C14H19NO2/c1-4-5-10-17-13-9-7-6-8-12(13)15-14(16)11(2)3/h6-9H,2,4-5,10H2,1,3H3,(H,15,16). The molecule has 1 aromatic rings. The molecule has 0 atom stereocenters. The zero-order valence-electron chi connectivity index (χ0n) is 10.5. The van der Waals surface area contributed by atoms with E-state index in [2.05, 4.69) is 18.8 Å². The molecular formula is C14H19NO2. The van der Waals surface area contributed by atoms with Crippen molar-refractivity contribution in [3.63, 3.8) is 0 Å². The molecule has 0 aliphatic carbocycles. The van der Waals surface area contributed by atoms with Gasteiger partial charge < -0.3 is 10.1 Å². The first-order valence-corrected chi connectivity index (χ1v) is 5.83. The fraction of sp³-hybridized carbons (Fsp3) is 0.357. The van der Waals surface area contributed by atoms with E-state index in [9.17, 15) is 4.79 Å². The van der Waals surface area contributed by atoms with E-state index in [0.717, 1.165) is 12.8 Å². The number of para-hydroxylation sites is 2. The lowest BCUT2D eigenvalue weighted by molar-refractivity contribution is -0.112. The van der Waals surface area contributed by atoms with Gasteiger partial charge in [-0.25, -0.2) is 0 Å². The fourth-order valence-corrected chi connectivity index (χ4v) is 1.25. The minimum absolute atomic E-state index is 0.184. The normalized spacial score (nSPS) is 9.76. The molecule has 0 radical (unpaired) electrons. The van der Waals surface area contributed by atoms with E-state index in [1.807, 2.05) is 24.3 Å². The van der Waals surface area contributed by atoms with Gasteiger partial charge in [0.1, 0.15) is 5.75 Å². The van der Waals surface area contributed by atoms with E-state index in [-0.39, 0.29) is 5.91 Å². The number of carbonyl (C=O) groups is 1. The number of ether oxygens (including phenoxy) is 1. The summed E-state index contributed by atoms with van der Waals surface area (Å²) >= 11 is 0. The lowest BCUT2D eigenvalue weighted by atomic mass is 10.2. The minimum Gasteiger partial charge on any atom is -0.491 e. The van der Waals surface area contributed by atoms with Crippen molar-refractivity contribution in [3.8, 4) is 5.75 Å². The predicted octanol–water partition coefficient (Wildman–Crippen LogP) is 3.38. The molecule has 3 heteroatoms. The van der Waals surface area contributed by atoms with E-state index < -0.39 is 0 Å². The van der Waals surface area contributed by atoms with Gasteiger partial charge in [0.2, 0.25) is 0 Å². The summed E-state index contributed by atoms with van der Waals surface area (Å²) in [5.41, 5.74) is 1.17. The Bertz CT molecular complexity index is 399. The van der Waals surface area contributed by atoms with Gasteiger partial charge >= 0.3 is 0 Å². The Hall–Kier alpha value is -1.77. The molecule has 0 saturated carbocycles. The Balaban J connectivity index is 2.70. The van der Waals surface area contributed by atoms with Crippen molar-refractivity contribution in [1.29, 1.82) is 0 Å². The number of hydrogen-bond donors (Lipinski definition) is 1. The number of anilines is 1. The van der Waals surface area contributed by atoms with Crippen LogP contribution < -0.4 is 10.1 Å². The van der Waals surface area contributed by atoms with Crippen LogP contribution in [0.3, 0.4) is 0 Å². The van der Waals surface area contributed by atoms with Crippen molar-refractivity contribution in [1.82, 2.24) is 0 Å². The molecule has 3 nitrogen and oxygen atoms in total. The van der Waals surface area contributed by atoms with E-state index in [1.165, 1.54) is 0 Å². The second-order valence-electron chi connectivity index (χ2n) is 3.93. The molecule has 0 fully saturated rings. The van der Waals surface area contributed by atoms with Crippen molar-refractivity contribution in [2.24, 2.45) is 0 Å². The number of unbranched alkanes of at least 4 members (excludes halogenated alkanes) is 1. The predicted molar refractivity (Wildman–Crippen MR) is 70.3 cm³/mol. The smallest absolute Gasteiger partial charge is 0.250 e. The third kappa shape index (κ3) is 4.31. The van der Waals surface area contributed by atoms with Gasteiger partial charge in [0.05, 0.1) is 12.3 Å². The summed E-state index contributed by atoms with van der Waals surface area (Å²) in [6.45, 7) is 8.05. The van der Waals surface area contributed by atoms with Gasteiger partial charge in [-0.3, -0.25) is 4.79 Å². The fourth-order valence-electron chi connectivity index (χ4n) is 1.25. The largest absolute Gasteiger partial charge is 0.491 e. The number of hydrogen-bond acceptors (Lipinski definition) is 2. The molecule has 0 unspecified atom stereocenters. The number of benzene rings is 1. The maximum Gasteiger partial charge on any atom is 0.250 e. The average molecular weight is 233 g/mol. The van der Waals surface area contributed by atoms with Gasteiger partial charge in [0, 0.05) is 5.57 Å². The number of nitrogens with one attached hydrogen (secondary N) is 1. The van der Waals surface area contributed by atoms with Crippen LogP contribution in [0, 0.1) is 0 Å². The highest BCUT2D eigenvalue weighted by atomic mass is 16.5. The summed E-state index contributed by atoms with van der Waals surface area (Å²) in [5.74, 6) is 0.520. The Kier molecular flexibility index (Phi) is 5.27. The van der Waals surface area contributed by atoms with Gasteiger partial charge in [-0.05, 0) is 25.5 Å². The first-order valence-electron chi connectivity index (χ1n) is 5.83. The molecule has 17 heavy (non-hydrogen) atoms. The highest BCUT2D eigenvalue weighted by molar-refractivity contribution is 6.03. The molecule has 1 aromatic carbocycles. The van der Waals surface area contributed by atoms with Crippen molar-refractivity contribution in [2.75, 3.05) is 11.9 Å². The maximum atomic E-state index is 11.5. The molecule has 0 aliphatic rings. The maximum absolute atomic E-state index is 11.5. The van der Waals surface area contributed by atoms with Crippen LogP contribution >= 0.6 is 0 Å². The number of rotatable bonds is 6. The Morgan fingerprint density at radius 2 is 2.12 bits per heavy atom. The van der Waals surface area contributed by atoms with Gasteiger partial charge in [-0.15, -0.1) is 0 Å². The van der Waals surface area contributed by atoms with Gasteiger partial charge in [0.25, 0.3) is 5.91 Å². The minimum atomic E-state index is -0.184. The summed E-state index contributed by atoms with van der Waals surface area (Å²) in [4.78, 5) is 11.5. The summed E-state index contributed by atoms with van der Waals surface area (Å²) in [6, 6.07) is 7.42. The van der Waals surface area contributed by atoms with Gasteiger partial charge in [-0.1, -0.05) is 32.1 Å². The van der Waals surface area contributed by atoms with Crippen LogP contribution in [0.1, 0.15) is 26.7 Å². The van der Waals surface area contributed by atoms with E-state index in [1.54, 1.807) is 6.92 Å². The molecule has 0 heterocycles. The van der Waals surface area contributed by atoms with Crippen molar-refractivity contribution in [3.05, 3.63) is 36.4 Å². The third-order valence-corrected chi connectivity index (χ3v) is 2.28. The van der Waals surface area contributed by atoms with Crippen LogP contribution in [-0.2, 0) is 4.79 Å². The summed E-state index contributed by atoms with van der Waals surface area (Å²) < 4.78 is 5.61. The molecule has 0 bridgehead atoms. The number of amides is 1. The first-order chi connectivity index (χ1) is 8.15. The molecule has 0 spiro atoms. The SMILES string of the molecule is C=C(C)C(=O)Nc1ccccc1OCCCC. The van der Waals surface area contributed by atoms with Crippen LogP contribution in [0.4, 0.5) is 5.69 Å². The molecular weight excluding hydrogens is 214 g/mol. The molecule has 1 amide bonds. The Morgan fingerprint density at radius 3 is 2.76 bits per heavy atom. The highest BCUT2D eigenvalue weighted by Crippen LogP contribution is 2.24. The quantitative estimate of drug-likeness (QED) is 0.604. The Morgan fingerprint density at radius 1 is 1.41 bits per heavy atom. The van der Waals surface area contributed by atoms with Crippen molar-refractivity contribution in [2.45, 2.75) is 26.7 Å². The lowest BCUT2D eigenvalue weighted by Crippen LogP contribution is -2.13. The first kappa shape index (κ1) is 13.3. The zero-order valence-corrected chi connectivity index (χ0v) is 10.5. The molecule has 0 aromatic heterocycles. The van der Waals surface area contributed by atoms with Crippen LogP contribution in [0.25, 0.3) is 0 Å². The topological polar surface area (TPSA) is 38.3 Å². The van der Waals surface area contributed by atoms with E-state index >= 15 is 0 Å². The monoisotopic (exact) mass is 233 g/mol. The van der Waals surface area contributed by atoms with Crippen LogP contribution in [0.2, 0.25) is 0 Å². The summed E-state index contributed by atoms with van der Waals surface area (Å²) in [5, 5.41) is 2.77. The molecule has 1 N–H and O–H groups in total. The summed E-state index contributed by atoms with van der Waals surface area (Å²) in [7, 11) is 0. The van der Waals surface area contributed by atoms with Crippen LogP contribution in [-0.4, -0.2) is 12.5 Å². The number of carbonyl (C=O) groups excluding carboxylic acids is 1. The summed E-state index contributed by atoms with van der Waals surface area (Å²) in [6.07, 6.45) is 2.09. The molecule has 0 aliphatic heterocycles. The molecule has 0 saturated heterocycles. The van der Waals surface area contributed by atoms with Crippen LogP contribution in [0.5, 0.6) is 5.75 Å². The highest BCUT2D eigenvalue weighted by Gasteiger charge is 2.07. The zero-order chi connectivity index (χ0) is 12.7. The van der Waals surface area contributed by atoms with Gasteiger partial charge in [-0.2, -0.15) is 0 Å². The molecule has 1 rings (SSSR count). The van der Waals surface area contributed by atoms with E-state index in [0.29, 0.717) is 23.6 Å². The third-order valence-electron chi connectivity index (χ3n) is 2.28. The Labute approximate surface area is 102 Å². The van der Waals surface area contributed by atoms with E-state index in [4.69, 9.17) is 4.74 Å². The van der Waals surface area contributed by atoms with Gasteiger partial charge in [0.15, 0.2) is 0 Å². The lowest BCUT2D eigenvalue weighted by Gasteiger charge is -2.12. The second kappa shape index (κ2) is 6.74. The average Bonchev–Trinajstić information content (AvgIpc) is 2.31. The second-order valence-corrected chi connectivity index (χ2v) is 3.93. The van der Waals surface area contributed by atoms with Crippen molar-refractivity contribution >= 4 is 11.6 Å².